The molecule has 3 N–H and O–H groups in total. The fraction of sp³-hybridized carbons (Fsp3) is 0.269. The molecule has 2 aromatic carbocycles. The van der Waals surface area contributed by atoms with Gasteiger partial charge < -0.3 is 25.4 Å². The first kappa shape index (κ1) is 23.1. The fourth-order valence-corrected chi connectivity index (χ4v) is 4.82. The molecule has 0 bridgehead atoms. The number of anilines is 3. The van der Waals surface area contributed by atoms with Gasteiger partial charge in [-0.1, -0.05) is 17.4 Å². The van der Waals surface area contributed by atoms with Crippen LogP contribution in [0.15, 0.2) is 48.7 Å². The number of carbonyl (C=O) groups is 1. The summed E-state index contributed by atoms with van der Waals surface area (Å²) in [6.07, 6.45) is 1.79. The number of fused-ring (bicyclic) bond motifs is 1. The number of ether oxygens (including phenoxy) is 2. The van der Waals surface area contributed by atoms with Crippen molar-refractivity contribution >= 4 is 44.1 Å². The molecule has 180 valence electrons. The van der Waals surface area contributed by atoms with E-state index in [0.717, 1.165) is 45.8 Å². The first-order valence-electron chi connectivity index (χ1n) is 11.6. The number of nitrogen functional groups attached to an aromatic ring is 1. The summed E-state index contributed by atoms with van der Waals surface area (Å²) in [5.41, 5.74) is 11.7. The minimum atomic E-state index is -0.210. The van der Waals surface area contributed by atoms with Crippen LogP contribution in [0.2, 0.25) is 0 Å². The molecule has 2 aromatic heterocycles. The second kappa shape index (κ2) is 9.89. The van der Waals surface area contributed by atoms with Crippen LogP contribution >= 0.6 is 11.3 Å². The van der Waals surface area contributed by atoms with E-state index >= 15 is 0 Å². The van der Waals surface area contributed by atoms with Crippen molar-refractivity contribution in [3.8, 4) is 16.9 Å². The molecule has 1 aliphatic heterocycles. The number of nitrogens with two attached hydrogens (primary N) is 1. The molecule has 1 amide bonds. The Morgan fingerprint density at radius 3 is 2.83 bits per heavy atom. The van der Waals surface area contributed by atoms with Crippen LogP contribution in [0.3, 0.4) is 0 Å². The molecule has 8 nitrogen and oxygen atoms in total. The van der Waals surface area contributed by atoms with Crippen molar-refractivity contribution in [2.45, 2.75) is 13.8 Å². The highest BCUT2D eigenvalue weighted by molar-refractivity contribution is 7.21. The van der Waals surface area contributed by atoms with Crippen LogP contribution in [0, 0.1) is 6.92 Å². The van der Waals surface area contributed by atoms with Gasteiger partial charge in [0.2, 0.25) is 0 Å². The highest BCUT2D eigenvalue weighted by atomic mass is 32.1. The molecule has 9 heteroatoms. The van der Waals surface area contributed by atoms with Crippen molar-refractivity contribution in [3.05, 3.63) is 59.8 Å². The van der Waals surface area contributed by atoms with E-state index in [4.69, 9.17) is 15.2 Å². The van der Waals surface area contributed by atoms with Crippen LogP contribution < -0.4 is 20.7 Å². The summed E-state index contributed by atoms with van der Waals surface area (Å²) < 4.78 is 11.3. The molecule has 5 rings (SSSR count). The number of rotatable bonds is 6. The van der Waals surface area contributed by atoms with Gasteiger partial charge in [0.15, 0.2) is 5.13 Å². The molecule has 0 radical (unpaired) electrons. The van der Waals surface area contributed by atoms with Crippen molar-refractivity contribution in [1.29, 1.82) is 0 Å². The van der Waals surface area contributed by atoms with Gasteiger partial charge in [0.1, 0.15) is 16.1 Å². The number of thiazole rings is 1. The molecule has 0 aliphatic carbocycles. The number of aromatic nitrogens is 2. The van der Waals surface area contributed by atoms with Gasteiger partial charge in [-0.15, -0.1) is 0 Å². The molecule has 0 spiro atoms. The van der Waals surface area contributed by atoms with Gasteiger partial charge >= 0.3 is 0 Å². The van der Waals surface area contributed by atoms with Crippen LogP contribution in [0.25, 0.3) is 21.5 Å². The van der Waals surface area contributed by atoms with Crippen molar-refractivity contribution in [2.24, 2.45) is 0 Å². The number of aryl methyl sites for hydroxylation is 1. The van der Waals surface area contributed by atoms with Crippen molar-refractivity contribution < 1.29 is 14.3 Å². The lowest BCUT2D eigenvalue weighted by molar-refractivity contribution is 0.102. The van der Waals surface area contributed by atoms with Crippen molar-refractivity contribution in [3.63, 3.8) is 0 Å². The number of hydrogen-bond donors (Lipinski definition) is 2. The Hall–Kier alpha value is -3.69. The predicted octanol–water partition coefficient (Wildman–Crippen LogP) is 4.74. The van der Waals surface area contributed by atoms with Gasteiger partial charge in [-0.2, -0.15) is 0 Å². The fourth-order valence-electron chi connectivity index (χ4n) is 4.16. The van der Waals surface area contributed by atoms with E-state index in [-0.39, 0.29) is 5.91 Å². The Labute approximate surface area is 207 Å². The summed E-state index contributed by atoms with van der Waals surface area (Å²) >= 11 is 1.36. The maximum absolute atomic E-state index is 13.2. The maximum atomic E-state index is 13.2. The number of nitrogens with zero attached hydrogens (tertiary/aromatic N) is 3. The normalized spacial score (nSPS) is 13.7. The highest BCUT2D eigenvalue weighted by Gasteiger charge is 2.17. The topological polar surface area (TPSA) is 103 Å². The number of benzene rings is 2. The Morgan fingerprint density at radius 1 is 1.20 bits per heavy atom. The number of pyridine rings is 1. The predicted molar refractivity (Wildman–Crippen MR) is 141 cm³/mol. The second-order valence-electron chi connectivity index (χ2n) is 8.30. The lowest BCUT2D eigenvalue weighted by Crippen LogP contribution is -2.36. The minimum Gasteiger partial charge on any atom is -0.492 e. The zero-order valence-corrected chi connectivity index (χ0v) is 20.5. The minimum absolute atomic E-state index is 0.210. The number of nitrogens with one attached hydrogen (secondary N) is 1. The molecule has 0 saturated carbocycles. The molecule has 0 unspecified atom stereocenters. The molecule has 4 aromatic rings. The SMILES string of the molecule is CCOc1cc(N2CCOCC2)ccc1NC(=O)c1ccc(C)c(-c2cnc3sc(N)nc3c2)c1. The molecular formula is C26H27N5O3S. The molecular weight excluding hydrogens is 462 g/mol. The van der Waals surface area contributed by atoms with Gasteiger partial charge in [-0.3, -0.25) is 4.79 Å². The van der Waals surface area contributed by atoms with Crippen LogP contribution in [0.5, 0.6) is 5.75 Å². The molecule has 1 aliphatic rings. The van der Waals surface area contributed by atoms with E-state index < -0.39 is 0 Å². The average molecular weight is 490 g/mol. The Morgan fingerprint density at radius 2 is 2.03 bits per heavy atom. The van der Waals surface area contributed by atoms with E-state index in [1.165, 1.54) is 11.3 Å². The Kier molecular flexibility index (Phi) is 6.52. The van der Waals surface area contributed by atoms with Crippen LogP contribution in [-0.4, -0.2) is 48.8 Å². The number of morpholine rings is 1. The quantitative estimate of drug-likeness (QED) is 0.403. The molecule has 1 fully saturated rings. The Balaban J connectivity index is 1.41. The standard InChI is InChI=1S/C26H27N5O3S/c1-3-34-23-14-19(31-8-10-33-11-9-31)6-7-21(23)29-24(32)17-5-4-16(2)20(12-17)18-13-22-25(28-15-18)35-26(27)30-22/h4-7,12-15H,3,8-11H2,1-2H3,(H2,27,30)(H,29,32). The van der Waals surface area contributed by atoms with Gasteiger partial charge in [-0.25, -0.2) is 9.97 Å². The molecule has 3 heterocycles. The van der Waals surface area contributed by atoms with E-state index in [1.807, 2.05) is 56.3 Å². The number of amides is 1. The zero-order valence-electron chi connectivity index (χ0n) is 19.7. The third-order valence-corrected chi connectivity index (χ3v) is 6.77. The third kappa shape index (κ3) is 4.91. The van der Waals surface area contributed by atoms with Crippen LogP contribution in [-0.2, 0) is 4.74 Å². The van der Waals surface area contributed by atoms with E-state index in [1.54, 1.807) is 6.20 Å². The number of hydrogen-bond acceptors (Lipinski definition) is 8. The summed E-state index contributed by atoms with van der Waals surface area (Å²) in [4.78, 5) is 25.1. The summed E-state index contributed by atoms with van der Waals surface area (Å²) in [6, 6.07) is 13.5. The summed E-state index contributed by atoms with van der Waals surface area (Å²) in [7, 11) is 0. The average Bonchev–Trinajstić information content (AvgIpc) is 3.25. The lowest BCUT2D eigenvalue weighted by Gasteiger charge is -2.29. The van der Waals surface area contributed by atoms with E-state index in [9.17, 15) is 4.79 Å². The monoisotopic (exact) mass is 489 g/mol. The van der Waals surface area contributed by atoms with Crippen LogP contribution in [0.1, 0.15) is 22.8 Å². The van der Waals surface area contributed by atoms with E-state index in [0.29, 0.717) is 42.0 Å². The highest BCUT2D eigenvalue weighted by Crippen LogP contribution is 2.32. The lowest BCUT2D eigenvalue weighted by atomic mass is 9.99. The Bertz CT molecular complexity index is 1380. The summed E-state index contributed by atoms with van der Waals surface area (Å²) in [6.45, 7) is 7.51. The van der Waals surface area contributed by atoms with Crippen molar-refractivity contribution in [2.75, 3.05) is 48.9 Å². The van der Waals surface area contributed by atoms with Gasteiger partial charge in [0.25, 0.3) is 5.91 Å². The van der Waals surface area contributed by atoms with Gasteiger partial charge in [0.05, 0.1) is 25.5 Å². The summed E-state index contributed by atoms with van der Waals surface area (Å²) in [5.74, 6) is 0.436. The largest absolute Gasteiger partial charge is 0.492 e. The zero-order chi connectivity index (χ0) is 24.4. The molecule has 1 saturated heterocycles. The first-order chi connectivity index (χ1) is 17.0. The molecule has 0 atom stereocenters. The second-order valence-corrected chi connectivity index (χ2v) is 9.31. The van der Waals surface area contributed by atoms with Gasteiger partial charge in [0, 0.05) is 42.2 Å². The van der Waals surface area contributed by atoms with Gasteiger partial charge in [-0.05, 0) is 55.3 Å². The van der Waals surface area contributed by atoms with Crippen LogP contribution in [0.4, 0.5) is 16.5 Å². The van der Waals surface area contributed by atoms with E-state index in [2.05, 4.69) is 20.2 Å². The third-order valence-electron chi connectivity index (χ3n) is 5.96. The molecule has 35 heavy (non-hydrogen) atoms. The van der Waals surface area contributed by atoms with Crippen molar-refractivity contribution in [1.82, 2.24) is 9.97 Å². The first-order valence-corrected chi connectivity index (χ1v) is 12.4. The summed E-state index contributed by atoms with van der Waals surface area (Å²) in [5, 5.41) is 3.51. The smallest absolute Gasteiger partial charge is 0.255 e. The maximum Gasteiger partial charge on any atom is 0.255 e. The number of carbonyl (C=O) groups excluding carboxylic acids is 1.